The van der Waals surface area contributed by atoms with Crippen LogP contribution in [-0.4, -0.2) is 11.4 Å². The number of nitrogens with zero attached hydrogens (tertiary/aromatic N) is 2. The summed E-state index contributed by atoms with van der Waals surface area (Å²) in [6.45, 7) is 0.123. The van der Waals surface area contributed by atoms with Gasteiger partial charge in [0.25, 0.3) is 5.56 Å². The van der Waals surface area contributed by atoms with E-state index in [-0.39, 0.29) is 23.8 Å². The highest BCUT2D eigenvalue weighted by molar-refractivity contribution is 5.89. The molecule has 2 aliphatic heterocycles. The highest BCUT2D eigenvalue weighted by Crippen LogP contribution is 2.45. The molecule has 1 aromatic heterocycles. The van der Waals surface area contributed by atoms with E-state index in [0.717, 1.165) is 5.39 Å². The van der Waals surface area contributed by atoms with Gasteiger partial charge in [0.1, 0.15) is 17.4 Å². The number of allylic oxidation sites excluding steroid dienone is 1. The van der Waals surface area contributed by atoms with Crippen LogP contribution in [0.2, 0.25) is 0 Å². The maximum Gasteiger partial charge on any atom is 0.263 e. The van der Waals surface area contributed by atoms with Gasteiger partial charge in [0.15, 0.2) is 11.5 Å². The van der Waals surface area contributed by atoms with E-state index in [4.69, 9.17) is 19.9 Å². The Kier molecular flexibility index (Phi) is 4.14. The number of nitriles is 1. The first-order valence-corrected chi connectivity index (χ1v) is 10.4. The molecule has 1 atom stereocenters. The van der Waals surface area contributed by atoms with E-state index in [9.17, 15) is 10.1 Å². The van der Waals surface area contributed by atoms with Crippen molar-refractivity contribution in [3.63, 3.8) is 0 Å². The molecule has 0 unspecified atom stereocenters. The molecular formula is C26H17N3O4. The van der Waals surface area contributed by atoms with Crippen LogP contribution in [0.15, 0.2) is 89.0 Å². The zero-order chi connectivity index (χ0) is 22.5. The molecule has 7 nitrogen and oxygen atoms in total. The van der Waals surface area contributed by atoms with Crippen molar-refractivity contribution < 1.29 is 14.2 Å². The molecule has 2 aliphatic rings. The summed E-state index contributed by atoms with van der Waals surface area (Å²) in [7, 11) is 0. The van der Waals surface area contributed by atoms with Crippen LogP contribution in [0.1, 0.15) is 17.0 Å². The summed E-state index contributed by atoms with van der Waals surface area (Å²) in [6.07, 6.45) is 0. The fourth-order valence-corrected chi connectivity index (χ4v) is 4.53. The van der Waals surface area contributed by atoms with Crippen molar-refractivity contribution in [2.45, 2.75) is 5.92 Å². The van der Waals surface area contributed by atoms with Gasteiger partial charge >= 0.3 is 0 Å². The molecule has 0 saturated carbocycles. The lowest BCUT2D eigenvalue weighted by Gasteiger charge is -2.28. The third-order valence-corrected chi connectivity index (χ3v) is 5.99. The summed E-state index contributed by atoms with van der Waals surface area (Å²) in [6, 6.07) is 24.4. The minimum Gasteiger partial charge on any atom is -0.454 e. The van der Waals surface area contributed by atoms with Crippen molar-refractivity contribution in [3.05, 3.63) is 106 Å². The maximum absolute atomic E-state index is 14.1. The van der Waals surface area contributed by atoms with Crippen molar-refractivity contribution in [2.24, 2.45) is 5.73 Å². The van der Waals surface area contributed by atoms with Gasteiger partial charge in [-0.3, -0.25) is 9.36 Å². The first-order chi connectivity index (χ1) is 16.2. The highest BCUT2D eigenvalue weighted by Gasteiger charge is 2.36. The number of hydrogen-bond acceptors (Lipinski definition) is 6. The molecule has 6 rings (SSSR count). The van der Waals surface area contributed by atoms with Crippen LogP contribution >= 0.6 is 0 Å². The summed E-state index contributed by atoms with van der Waals surface area (Å²) in [5.74, 6) is 0.791. The topological polar surface area (TPSA) is 99.5 Å². The predicted molar refractivity (Wildman–Crippen MR) is 121 cm³/mol. The van der Waals surface area contributed by atoms with Crippen molar-refractivity contribution in [2.75, 3.05) is 6.79 Å². The molecule has 0 amide bonds. The third-order valence-electron chi connectivity index (χ3n) is 5.99. The summed E-state index contributed by atoms with van der Waals surface area (Å²) in [5.41, 5.74) is 8.54. The Morgan fingerprint density at radius 1 is 0.970 bits per heavy atom. The van der Waals surface area contributed by atoms with E-state index in [0.29, 0.717) is 39.6 Å². The Morgan fingerprint density at radius 2 is 1.73 bits per heavy atom. The molecule has 0 spiro atoms. The molecule has 3 aromatic carbocycles. The molecule has 4 aromatic rings. The molecule has 0 bridgehead atoms. The highest BCUT2D eigenvalue weighted by atomic mass is 16.7. The molecule has 33 heavy (non-hydrogen) atoms. The van der Waals surface area contributed by atoms with E-state index >= 15 is 0 Å². The largest absolute Gasteiger partial charge is 0.454 e. The lowest BCUT2D eigenvalue weighted by atomic mass is 9.83. The lowest BCUT2D eigenvalue weighted by molar-refractivity contribution is 0.174. The van der Waals surface area contributed by atoms with E-state index in [2.05, 4.69) is 6.07 Å². The first-order valence-electron chi connectivity index (χ1n) is 10.4. The first kappa shape index (κ1) is 19.0. The van der Waals surface area contributed by atoms with Gasteiger partial charge in [-0.15, -0.1) is 0 Å². The van der Waals surface area contributed by atoms with Crippen LogP contribution in [0, 0.1) is 11.3 Å². The summed E-state index contributed by atoms with van der Waals surface area (Å²) < 4.78 is 18.5. The Labute approximate surface area is 188 Å². The van der Waals surface area contributed by atoms with Gasteiger partial charge in [-0.1, -0.05) is 36.4 Å². The number of aromatic nitrogens is 1. The third kappa shape index (κ3) is 2.78. The van der Waals surface area contributed by atoms with Crippen LogP contribution in [0.3, 0.4) is 0 Å². The average Bonchev–Trinajstić information content (AvgIpc) is 3.32. The molecule has 0 aliphatic carbocycles. The van der Waals surface area contributed by atoms with Crippen LogP contribution in [0.25, 0.3) is 16.6 Å². The Morgan fingerprint density at radius 3 is 2.55 bits per heavy atom. The molecule has 0 radical (unpaired) electrons. The standard InChI is InChI=1S/C26H17N3O4/c27-13-18-22(15-10-11-20-21(12-15)32-14-31-20)23-24(33-25(18)28)17-8-4-5-9-19(17)29(26(23)30)16-6-2-1-3-7-16/h1-12,22H,14,28H2/t22-/m1/s1. The number of fused-ring (bicyclic) bond motifs is 4. The number of benzene rings is 3. The molecule has 160 valence electrons. The monoisotopic (exact) mass is 435 g/mol. The Hall–Kier alpha value is -4.70. The lowest BCUT2D eigenvalue weighted by Crippen LogP contribution is -2.31. The molecule has 3 heterocycles. The SMILES string of the molecule is N#CC1=C(N)Oc2c(c(=O)n(-c3ccccc3)c3ccccc23)[C@@H]1c1ccc2c(c1)OCO2. The van der Waals surface area contributed by atoms with Crippen molar-refractivity contribution in [1.82, 2.24) is 4.57 Å². The molecular weight excluding hydrogens is 418 g/mol. The zero-order valence-electron chi connectivity index (χ0n) is 17.3. The van der Waals surface area contributed by atoms with Crippen molar-refractivity contribution in [1.29, 1.82) is 5.26 Å². The van der Waals surface area contributed by atoms with Crippen LogP contribution < -0.4 is 25.5 Å². The fourth-order valence-electron chi connectivity index (χ4n) is 4.53. The van der Waals surface area contributed by atoms with Gasteiger partial charge in [-0.25, -0.2) is 0 Å². The van der Waals surface area contributed by atoms with E-state index < -0.39 is 5.92 Å². The maximum atomic E-state index is 14.1. The Bertz CT molecular complexity index is 1560. The number of nitrogens with two attached hydrogens (primary N) is 1. The second-order valence-corrected chi connectivity index (χ2v) is 7.77. The van der Waals surface area contributed by atoms with E-state index in [1.165, 1.54) is 0 Å². The van der Waals surface area contributed by atoms with Crippen molar-refractivity contribution >= 4 is 10.9 Å². The van der Waals surface area contributed by atoms with Crippen LogP contribution in [0.4, 0.5) is 0 Å². The number of hydrogen-bond donors (Lipinski definition) is 1. The number of rotatable bonds is 2. The second-order valence-electron chi connectivity index (χ2n) is 7.77. The van der Waals surface area contributed by atoms with E-state index in [1.54, 1.807) is 16.7 Å². The molecule has 0 fully saturated rings. The molecule has 7 heteroatoms. The zero-order valence-corrected chi connectivity index (χ0v) is 17.3. The molecule has 0 saturated heterocycles. The minimum absolute atomic E-state index is 0.0188. The second kappa shape index (κ2) is 7.18. The number of para-hydroxylation sites is 2. The average molecular weight is 435 g/mol. The van der Waals surface area contributed by atoms with E-state index in [1.807, 2.05) is 60.7 Å². The minimum atomic E-state index is -0.722. The predicted octanol–water partition coefficient (Wildman–Crippen LogP) is 3.94. The summed E-state index contributed by atoms with van der Waals surface area (Å²) in [4.78, 5) is 14.1. The van der Waals surface area contributed by atoms with Gasteiger partial charge in [0.05, 0.1) is 17.0 Å². The smallest absolute Gasteiger partial charge is 0.263 e. The van der Waals surface area contributed by atoms with Crippen LogP contribution in [-0.2, 0) is 0 Å². The quantitative estimate of drug-likeness (QED) is 0.512. The fraction of sp³-hybridized carbons (Fsp3) is 0.0769. The number of pyridine rings is 1. The van der Waals surface area contributed by atoms with Gasteiger partial charge in [-0.05, 0) is 42.0 Å². The van der Waals surface area contributed by atoms with Gasteiger partial charge in [-0.2, -0.15) is 5.26 Å². The van der Waals surface area contributed by atoms with Gasteiger partial charge < -0.3 is 19.9 Å². The van der Waals surface area contributed by atoms with Crippen LogP contribution in [0.5, 0.6) is 17.2 Å². The Balaban J connectivity index is 1.71. The summed E-state index contributed by atoms with van der Waals surface area (Å²) in [5, 5.41) is 10.7. The van der Waals surface area contributed by atoms with Gasteiger partial charge in [0, 0.05) is 11.1 Å². The summed E-state index contributed by atoms with van der Waals surface area (Å²) >= 11 is 0. The molecule has 2 N–H and O–H groups in total. The normalized spacial score (nSPS) is 16.3. The number of ether oxygens (including phenoxy) is 3. The van der Waals surface area contributed by atoms with Gasteiger partial charge in [0.2, 0.25) is 12.7 Å². The van der Waals surface area contributed by atoms with Crippen molar-refractivity contribution in [3.8, 4) is 29.0 Å².